The molecule has 1 rings (SSSR count). The average molecular weight is 123 g/mol. The van der Waals surface area contributed by atoms with Crippen molar-refractivity contribution < 1.29 is 0 Å². The topological polar surface area (TPSA) is 0 Å². The molecule has 0 nitrogen and oxygen atoms in total. The standard InChI is InChI=1S/C9H15/c1-7(2)5-8-6-9(8,3)4/h6,8H,1,5H2,2-4H3. The molecule has 0 aromatic heterocycles. The fourth-order valence-corrected chi connectivity index (χ4v) is 1.17. The summed E-state index contributed by atoms with van der Waals surface area (Å²) in [6.45, 7) is 10.5. The average Bonchev–Trinajstić information content (AvgIpc) is 2.10. The van der Waals surface area contributed by atoms with Crippen LogP contribution in [0, 0.1) is 17.8 Å². The molecule has 0 heteroatoms. The lowest BCUT2D eigenvalue weighted by Crippen LogP contribution is -1.89. The molecule has 1 radical (unpaired) electrons. The second kappa shape index (κ2) is 1.86. The largest absolute Gasteiger partial charge is 0.100 e. The van der Waals surface area contributed by atoms with Crippen LogP contribution >= 0.6 is 0 Å². The van der Waals surface area contributed by atoms with E-state index in [1.807, 2.05) is 0 Å². The van der Waals surface area contributed by atoms with Crippen molar-refractivity contribution in [2.24, 2.45) is 11.3 Å². The Morgan fingerprint density at radius 2 is 2.11 bits per heavy atom. The fraction of sp³-hybridized carbons (Fsp3) is 0.667. The van der Waals surface area contributed by atoms with Crippen molar-refractivity contribution >= 4 is 0 Å². The Kier molecular flexibility index (Phi) is 1.42. The molecule has 0 heterocycles. The highest BCUT2D eigenvalue weighted by Crippen LogP contribution is 2.53. The molecule has 9 heavy (non-hydrogen) atoms. The molecule has 0 amide bonds. The molecular weight excluding hydrogens is 108 g/mol. The van der Waals surface area contributed by atoms with Gasteiger partial charge >= 0.3 is 0 Å². The second-order valence-electron chi connectivity index (χ2n) is 3.76. The van der Waals surface area contributed by atoms with E-state index in [0.717, 1.165) is 5.92 Å². The maximum absolute atomic E-state index is 3.88. The summed E-state index contributed by atoms with van der Waals surface area (Å²) in [4.78, 5) is 0. The van der Waals surface area contributed by atoms with Crippen molar-refractivity contribution in [3.63, 3.8) is 0 Å². The van der Waals surface area contributed by atoms with Gasteiger partial charge in [0.05, 0.1) is 0 Å². The smallest absolute Gasteiger partial charge is 0.0286 e. The van der Waals surface area contributed by atoms with Crippen LogP contribution in [0.3, 0.4) is 0 Å². The van der Waals surface area contributed by atoms with Crippen LogP contribution in [0.1, 0.15) is 27.2 Å². The third-order valence-electron chi connectivity index (χ3n) is 2.05. The molecule has 0 aliphatic heterocycles. The first-order valence-corrected chi connectivity index (χ1v) is 3.53. The van der Waals surface area contributed by atoms with Crippen LogP contribution in [0.25, 0.3) is 0 Å². The second-order valence-corrected chi connectivity index (χ2v) is 3.76. The molecular formula is C9H15. The van der Waals surface area contributed by atoms with Gasteiger partial charge < -0.3 is 0 Å². The van der Waals surface area contributed by atoms with Crippen LogP contribution in [-0.2, 0) is 0 Å². The van der Waals surface area contributed by atoms with E-state index in [9.17, 15) is 0 Å². The molecule has 1 fully saturated rings. The van der Waals surface area contributed by atoms with Crippen molar-refractivity contribution in [3.05, 3.63) is 18.6 Å². The third-order valence-corrected chi connectivity index (χ3v) is 2.05. The zero-order valence-corrected chi connectivity index (χ0v) is 6.57. The molecule has 0 bridgehead atoms. The van der Waals surface area contributed by atoms with E-state index in [1.165, 1.54) is 12.0 Å². The first kappa shape index (κ1) is 6.85. The summed E-state index contributed by atoms with van der Waals surface area (Å²) >= 11 is 0. The lowest BCUT2D eigenvalue weighted by molar-refractivity contribution is 0.561. The zero-order valence-electron chi connectivity index (χ0n) is 6.57. The first-order valence-electron chi connectivity index (χ1n) is 3.53. The van der Waals surface area contributed by atoms with Crippen LogP contribution in [0.15, 0.2) is 12.2 Å². The van der Waals surface area contributed by atoms with E-state index in [1.54, 1.807) is 0 Å². The number of rotatable bonds is 2. The van der Waals surface area contributed by atoms with E-state index >= 15 is 0 Å². The van der Waals surface area contributed by atoms with E-state index < -0.39 is 0 Å². The monoisotopic (exact) mass is 123 g/mol. The van der Waals surface area contributed by atoms with Crippen LogP contribution < -0.4 is 0 Å². The zero-order chi connectivity index (χ0) is 7.07. The van der Waals surface area contributed by atoms with Crippen molar-refractivity contribution in [1.82, 2.24) is 0 Å². The number of allylic oxidation sites excluding steroid dienone is 1. The minimum atomic E-state index is 0.513. The molecule has 0 aromatic carbocycles. The van der Waals surface area contributed by atoms with Gasteiger partial charge in [-0.2, -0.15) is 0 Å². The minimum Gasteiger partial charge on any atom is -0.100 e. The van der Waals surface area contributed by atoms with Gasteiger partial charge in [-0.05, 0) is 31.1 Å². The van der Waals surface area contributed by atoms with E-state index in [2.05, 4.69) is 33.8 Å². The Bertz CT molecular complexity index is 131. The van der Waals surface area contributed by atoms with Gasteiger partial charge in [-0.1, -0.05) is 19.4 Å². The van der Waals surface area contributed by atoms with E-state index in [0.29, 0.717) is 5.41 Å². The maximum Gasteiger partial charge on any atom is -0.0286 e. The van der Waals surface area contributed by atoms with Crippen molar-refractivity contribution in [2.45, 2.75) is 27.2 Å². The summed E-state index contributed by atoms with van der Waals surface area (Å²) in [5.74, 6) is 0.815. The Labute approximate surface area is 58.0 Å². The van der Waals surface area contributed by atoms with Gasteiger partial charge in [0.2, 0.25) is 0 Å². The lowest BCUT2D eigenvalue weighted by Gasteiger charge is -2.00. The lowest BCUT2D eigenvalue weighted by atomic mass is 10.1. The van der Waals surface area contributed by atoms with E-state index in [-0.39, 0.29) is 0 Å². The highest BCUT2D eigenvalue weighted by atomic mass is 14.5. The van der Waals surface area contributed by atoms with Gasteiger partial charge in [-0.25, -0.2) is 0 Å². The summed E-state index contributed by atoms with van der Waals surface area (Å²) in [6.07, 6.45) is 3.58. The molecule has 0 saturated heterocycles. The number of hydrogen-bond acceptors (Lipinski definition) is 0. The minimum absolute atomic E-state index is 0.513. The quantitative estimate of drug-likeness (QED) is 0.495. The first-order chi connectivity index (χ1) is 4.02. The van der Waals surface area contributed by atoms with Crippen molar-refractivity contribution in [2.75, 3.05) is 0 Å². The van der Waals surface area contributed by atoms with E-state index in [4.69, 9.17) is 0 Å². The Balaban J connectivity index is 2.28. The SMILES string of the molecule is C=C(C)CC1[CH]C1(C)C. The van der Waals surface area contributed by atoms with Gasteiger partial charge in [0, 0.05) is 0 Å². The molecule has 1 unspecified atom stereocenters. The van der Waals surface area contributed by atoms with Crippen molar-refractivity contribution in [1.29, 1.82) is 0 Å². The Morgan fingerprint density at radius 3 is 2.22 bits per heavy atom. The van der Waals surface area contributed by atoms with Crippen LogP contribution in [-0.4, -0.2) is 0 Å². The molecule has 51 valence electrons. The molecule has 1 saturated carbocycles. The normalized spacial score (nSPS) is 29.9. The molecule has 1 aliphatic rings. The maximum atomic E-state index is 3.88. The van der Waals surface area contributed by atoms with Crippen LogP contribution in [0.2, 0.25) is 0 Å². The Morgan fingerprint density at radius 1 is 1.67 bits per heavy atom. The summed E-state index contributed by atoms with van der Waals surface area (Å²) < 4.78 is 0. The number of hydrogen-bond donors (Lipinski definition) is 0. The summed E-state index contributed by atoms with van der Waals surface area (Å²) in [7, 11) is 0. The van der Waals surface area contributed by atoms with Gasteiger partial charge in [0.25, 0.3) is 0 Å². The summed E-state index contributed by atoms with van der Waals surface area (Å²) in [5, 5.41) is 0. The molecule has 0 spiro atoms. The van der Waals surface area contributed by atoms with Crippen LogP contribution in [0.5, 0.6) is 0 Å². The molecule has 0 N–H and O–H groups in total. The fourth-order valence-electron chi connectivity index (χ4n) is 1.17. The summed E-state index contributed by atoms with van der Waals surface area (Å²) in [5.41, 5.74) is 1.82. The molecule has 0 aromatic rings. The Hall–Kier alpha value is -0.260. The molecule has 1 aliphatic carbocycles. The highest BCUT2D eigenvalue weighted by molar-refractivity contribution is 5.16. The van der Waals surface area contributed by atoms with Gasteiger partial charge in [-0.3, -0.25) is 0 Å². The predicted octanol–water partition coefficient (Wildman–Crippen LogP) is 2.81. The molecule has 1 atom stereocenters. The van der Waals surface area contributed by atoms with Gasteiger partial charge in [0.1, 0.15) is 0 Å². The van der Waals surface area contributed by atoms with Crippen LogP contribution in [0.4, 0.5) is 0 Å². The summed E-state index contributed by atoms with van der Waals surface area (Å²) in [6, 6.07) is 0. The van der Waals surface area contributed by atoms with Gasteiger partial charge in [0.15, 0.2) is 0 Å². The predicted molar refractivity (Wildman–Crippen MR) is 41.0 cm³/mol. The van der Waals surface area contributed by atoms with Crippen molar-refractivity contribution in [3.8, 4) is 0 Å². The third kappa shape index (κ3) is 1.57. The van der Waals surface area contributed by atoms with Gasteiger partial charge in [-0.15, -0.1) is 6.58 Å². The highest BCUT2D eigenvalue weighted by Gasteiger charge is 2.45.